The molecule has 33 heavy (non-hydrogen) atoms. The molecule has 0 saturated heterocycles. The molecule has 0 atom stereocenters. The summed E-state index contributed by atoms with van der Waals surface area (Å²) in [5.41, 5.74) is 5.81. The lowest BCUT2D eigenvalue weighted by molar-refractivity contribution is -0.111. The van der Waals surface area contributed by atoms with Crippen LogP contribution in [0.5, 0.6) is 5.75 Å². The average Bonchev–Trinajstić information content (AvgIpc) is 3.19. The number of aryl methyl sites for hydroxylation is 1. The molecular weight excluding hydrogens is 457 g/mol. The van der Waals surface area contributed by atoms with E-state index in [-0.39, 0.29) is 5.91 Å². The van der Waals surface area contributed by atoms with Crippen LogP contribution in [0.1, 0.15) is 25.0 Å². The molecule has 0 unspecified atom stereocenters. The maximum atomic E-state index is 12.7. The van der Waals surface area contributed by atoms with Gasteiger partial charge in [0.15, 0.2) is 0 Å². The Bertz CT molecular complexity index is 1350. The van der Waals surface area contributed by atoms with E-state index in [0.717, 1.165) is 33.2 Å². The van der Waals surface area contributed by atoms with Crippen LogP contribution in [0.25, 0.3) is 27.7 Å². The van der Waals surface area contributed by atoms with Gasteiger partial charge in [-0.15, -0.1) is 0 Å². The Hall–Kier alpha value is -3.21. The van der Waals surface area contributed by atoms with Crippen molar-refractivity contribution in [3.05, 3.63) is 88.1 Å². The Labute approximate surface area is 202 Å². The Morgan fingerprint density at radius 3 is 2.55 bits per heavy atom. The number of allylic oxidation sites excluding steroid dienone is 1. The Kier molecular flexibility index (Phi) is 6.77. The minimum atomic E-state index is -0.250. The molecule has 0 aliphatic heterocycles. The minimum absolute atomic E-state index is 0.250. The number of carbonyl (C=O) groups is 1. The second-order valence-electron chi connectivity index (χ2n) is 7.71. The van der Waals surface area contributed by atoms with Crippen LogP contribution in [0.4, 0.5) is 5.69 Å². The van der Waals surface area contributed by atoms with Gasteiger partial charge in [0.2, 0.25) is 5.91 Å². The quantitative estimate of drug-likeness (QED) is 0.283. The monoisotopic (exact) mass is 479 g/mol. The van der Waals surface area contributed by atoms with Crippen LogP contribution >= 0.6 is 23.2 Å². The van der Waals surface area contributed by atoms with Crippen molar-refractivity contribution < 1.29 is 13.9 Å². The fraction of sp³-hybridized carbons (Fsp3) is 0.148. The van der Waals surface area contributed by atoms with Gasteiger partial charge in [0.1, 0.15) is 11.3 Å². The van der Waals surface area contributed by atoms with Crippen molar-refractivity contribution in [1.29, 1.82) is 0 Å². The second-order valence-corrected chi connectivity index (χ2v) is 8.56. The first kappa shape index (κ1) is 23.0. The molecule has 4 rings (SSSR count). The molecule has 0 bridgehead atoms. The van der Waals surface area contributed by atoms with Crippen LogP contribution < -0.4 is 10.1 Å². The van der Waals surface area contributed by atoms with Crippen molar-refractivity contribution in [3.63, 3.8) is 0 Å². The number of nitrogens with one attached hydrogen (secondary N) is 1. The third-order valence-corrected chi connectivity index (χ3v) is 6.00. The average molecular weight is 480 g/mol. The van der Waals surface area contributed by atoms with Crippen LogP contribution in [-0.4, -0.2) is 12.5 Å². The smallest absolute Gasteiger partial charge is 0.248 e. The number of carbonyl (C=O) groups excluding carboxylic acids is 1. The van der Waals surface area contributed by atoms with Crippen molar-refractivity contribution in [2.45, 2.75) is 20.8 Å². The molecule has 4 aromatic rings. The number of amides is 1. The molecule has 6 heteroatoms. The number of furan rings is 1. The SMILES string of the molecule is CCOc1cc2occ(-c3ccc(Cl)cc3)c2cc1/C(C)=C/C(=O)Nc1ccc(C)c(Cl)c1. The number of hydrogen-bond donors (Lipinski definition) is 1. The van der Waals surface area contributed by atoms with Crippen LogP contribution in [0.3, 0.4) is 0 Å². The predicted molar refractivity (Wildman–Crippen MR) is 136 cm³/mol. The van der Waals surface area contributed by atoms with Crippen molar-refractivity contribution in [2.24, 2.45) is 0 Å². The van der Waals surface area contributed by atoms with Gasteiger partial charge in [-0.05, 0) is 67.8 Å². The highest BCUT2D eigenvalue weighted by Gasteiger charge is 2.15. The van der Waals surface area contributed by atoms with Gasteiger partial charge >= 0.3 is 0 Å². The van der Waals surface area contributed by atoms with Crippen LogP contribution in [-0.2, 0) is 4.79 Å². The summed E-state index contributed by atoms with van der Waals surface area (Å²) in [4.78, 5) is 12.7. The molecule has 1 amide bonds. The van der Waals surface area contributed by atoms with Gasteiger partial charge in [0.25, 0.3) is 0 Å². The van der Waals surface area contributed by atoms with Gasteiger partial charge in [-0.2, -0.15) is 0 Å². The van der Waals surface area contributed by atoms with Gasteiger partial charge in [-0.1, -0.05) is 41.4 Å². The van der Waals surface area contributed by atoms with E-state index >= 15 is 0 Å². The molecule has 0 aliphatic rings. The molecule has 0 spiro atoms. The highest BCUT2D eigenvalue weighted by atomic mass is 35.5. The lowest BCUT2D eigenvalue weighted by Crippen LogP contribution is -2.09. The summed E-state index contributed by atoms with van der Waals surface area (Å²) in [6.45, 7) is 6.21. The van der Waals surface area contributed by atoms with Gasteiger partial charge < -0.3 is 14.5 Å². The molecular formula is C27H23Cl2NO3. The standard InChI is InChI=1S/C27H23Cl2NO3/c1-4-32-25-14-26-22(23(15-33-26)18-6-8-19(28)9-7-18)13-21(25)17(3)11-27(31)30-20-10-5-16(2)24(29)12-20/h5-15H,4H2,1-3H3,(H,30,31)/b17-11+. The van der Waals surface area contributed by atoms with Gasteiger partial charge in [0, 0.05) is 44.4 Å². The Morgan fingerprint density at radius 2 is 1.85 bits per heavy atom. The van der Waals surface area contributed by atoms with E-state index in [1.165, 1.54) is 0 Å². The van der Waals surface area contributed by atoms with Crippen LogP contribution in [0, 0.1) is 6.92 Å². The summed E-state index contributed by atoms with van der Waals surface area (Å²) in [5, 5.41) is 5.07. The van der Waals surface area contributed by atoms with E-state index in [0.29, 0.717) is 33.7 Å². The molecule has 168 valence electrons. The number of ether oxygens (including phenoxy) is 1. The van der Waals surface area contributed by atoms with Crippen LogP contribution in [0.2, 0.25) is 10.0 Å². The fourth-order valence-corrected chi connectivity index (χ4v) is 3.92. The first-order chi connectivity index (χ1) is 15.9. The topological polar surface area (TPSA) is 51.5 Å². The van der Waals surface area contributed by atoms with E-state index in [1.54, 1.807) is 18.4 Å². The number of rotatable bonds is 6. The van der Waals surface area contributed by atoms with Crippen molar-refractivity contribution >= 4 is 51.3 Å². The summed E-state index contributed by atoms with van der Waals surface area (Å²) in [6, 6.07) is 16.9. The maximum Gasteiger partial charge on any atom is 0.248 e. The normalized spacial score (nSPS) is 11.6. The summed E-state index contributed by atoms with van der Waals surface area (Å²) in [6.07, 6.45) is 3.28. The van der Waals surface area contributed by atoms with E-state index in [2.05, 4.69) is 5.32 Å². The Morgan fingerprint density at radius 1 is 1.09 bits per heavy atom. The zero-order valence-electron chi connectivity index (χ0n) is 18.5. The van der Waals surface area contributed by atoms with Gasteiger partial charge in [-0.25, -0.2) is 0 Å². The summed E-state index contributed by atoms with van der Waals surface area (Å²) < 4.78 is 11.7. The summed E-state index contributed by atoms with van der Waals surface area (Å²) in [7, 11) is 0. The molecule has 1 N–H and O–H groups in total. The number of anilines is 1. The highest BCUT2D eigenvalue weighted by Crippen LogP contribution is 2.37. The zero-order chi connectivity index (χ0) is 23.5. The van der Waals surface area contributed by atoms with E-state index in [4.69, 9.17) is 32.4 Å². The minimum Gasteiger partial charge on any atom is -0.493 e. The third-order valence-electron chi connectivity index (χ3n) is 5.34. The molecule has 4 nitrogen and oxygen atoms in total. The predicted octanol–water partition coefficient (Wildman–Crippen LogP) is 8.16. The first-order valence-electron chi connectivity index (χ1n) is 10.6. The van der Waals surface area contributed by atoms with E-state index < -0.39 is 0 Å². The molecule has 1 aromatic heterocycles. The largest absolute Gasteiger partial charge is 0.493 e. The van der Waals surface area contributed by atoms with Gasteiger partial charge in [0.05, 0.1) is 12.9 Å². The highest BCUT2D eigenvalue weighted by molar-refractivity contribution is 6.31. The Balaban J connectivity index is 1.71. The van der Waals surface area contributed by atoms with Crippen molar-refractivity contribution in [3.8, 4) is 16.9 Å². The molecule has 0 aliphatic carbocycles. The number of benzene rings is 3. The fourth-order valence-electron chi connectivity index (χ4n) is 3.61. The number of halogens is 2. The van der Waals surface area contributed by atoms with E-state index in [9.17, 15) is 4.79 Å². The number of fused-ring (bicyclic) bond motifs is 1. The molecule has 0 radical (unpaired) electrons. The first-order valence-corrected chi connectivity index (χ1v) is 11.3. The van der Waals surface area contributed by atoms with Crippen molar-refractivity contribution in [1.82, 2.24) is 0 Å². The number of hydrogen-bond acceptors (Lipinski definition) is 3. The third kappa shape index (κ3) is 5.08. The molecule has 3 aromatic carbocycles. The molecule has 0 fully saturated rings. The zero-order valence-corrected chi connectivity index (χ0v) is 20.1. The van der Waals surface area contributed by atoms with Crippen LogP contribution in [0.15, 0.2) is 71.4 Å². The van der Waals surface area contributed by atoms with Gasteiger partial charge in [-0.3, -0.25) is 4.79 Å². The van der Waals surface area contributed by atoms with E-state index in [1.807, 2.05) is 69.3 Å². The second kappa shape index (κ2) is 9.74. The lowest BCUT2D eigenvalue weighted by Gasteiger charge is -2.12. The molecule has 0 saturated carbocycles. The summed E-state index contributed by atoms with van der Waals surface area (Å²) >= 11 is 12.2. The molecule has 1 heterocycles. The maximum absolute atomic E-state index is 12.7. The van der Waals surface area contributed by atoms with Crippen molar-refractivity contribution in [2.75, 3.05) is 11.9 Å². The summed E-state index contributed by atoms with van der Waals surface area (Å²) in [5.74, 6) is 0.405. The lowest BCUT2D eigenvalue weighted by atomic mass is 9.99.